The summed E-state index contributed by atoms with van der Waals surface area (Å²) >= 11 is 0. The molecule has 0 radical (unpaired) electrons. The Hall–Kier alpha value is -2.70. The Bertz CT molecular complexity index is 654. The van der Waals surface area contributed by atoms with Gasteiger partial charge >= 0.3 is 0 Å². The third-order valence-electron chi connectivity index (χ3n) is 3.51. The van der Waals surface area contributed by atoms with Gasteiger partial charge in [-0.2, -0.15) is 0 Å². The Labute approximate surface area is 141 Å². The summed E-state index contributed by atoms with van der Waals surface area (Å²) in [7, 11) is 0. The minimum Gasteiger partial charge on any atom is -0.349 e. The molecule has 0 bridgehead atoms. The second kappa shape index (κ2) is 9.44. The number of H-pyrrole nitrogens is 1. The first-order chi connectivity index (χ1) is 11.7. The van der Waals surface area contributed by atoms with E-state index in [-0.39, 0.29) is 23.3 Å². The van der Waals surface area contributed by atoms with E-state index in [0.717, 1.165) is 31.4 Å². The van der Waals surface area contributed by atoms with Crippen LogP contribution in [0.1, 0.15) is 59.4 Å². The van der Waals surface area contributed by atoms with Crippen molar-refractivity contribution >= 4 is 11.8 Å². The largest absolute Gasteiger partial charge is 0.349 e. The zero-order valence-corrected chi connectivity index (χ0v) is 13.8. The van der Waals surface area contributed by atoms with Gasteiger partial charge in [0.15, 0.2) is 5.82 Å². The first kappa shape index (κ1) is 17.7. The second-order valence-corrected chi connectivity index (χ2v) is 5.47. The molecule has 2 rings (SSSR count). The Morgan fingerprint density at radius 2 is 1.96 bits per heavy atom. The van der Waals surface area contributed by atoms with E-state index in [4.69, 9.17) is 0 Å². The zero-order valence-electron chi connectivity index (χ0n) is 13.8. The van der Waals surface area contributed by atoms with E-state index in [0.29, 0.717) is 13.1 Å². The number of unbranched alkanes of at least 4 members (excludes halogenated alkanes) is 3. The van der Waals surface area contributed by atoms with Crippen LogP contribution in [-0.2, 0) is 6.54 Å². The normalized spacial score (nSPS) is 10.4. The number of hydrogen-bond acceptors (Lipinski definition) is 4. The Kier molecular flexibility index (Phi) is 6.94. The topological polar surface area (TPSA) is 99.8 Å². The Balaban J connectivity index is 1.79. The fraction of sp³-hybridized carbons (Fsp3) is 0.412. The summed E-state index contributed by atoms with van der Waals surface area (Å²) in [4.78, 5) is 34.8. The van der Waals surface area contributed by atoms with E-state index in [1.54, 1.807) is 6.20 Å². The van der Waals surface area contributed by atoms with Crippen molar-refractivity contribution in [1.82, 2.24) is 25.6 Å². The predicted octanol–water partition coefficient (Wildman–Crippen LogP) is 2.04. The van der Waals surface area contributed by atoms with E-state index in [1.165, 1.54) is 6.20 Å². The number of hydrogen-bond donors (Lipinski definition) is 3. The number of carbonyl (C=O) groups excluding carboxylic acids is 2. The van der Waals surface area contributed by atoms with Crippen LogP contribution in [0.5, 0.6) is 0 Å². The van der Waals surface area contributed by atoms with Crippen LogP contribution in [0, 0.1) is 0 Å². The van der Waals surface area contributed by atoms with Crippen molar-refractivity contribution in [2.75, 3.05) is 6.54 Å². The Morgan fingerprint density at radius 3 is 2.71 bits per heavy atom. The van der Waals surface area contributed by atoms with Gasteiger partial charge in [-0.1, -0.05) is 32.3 Å². The summed E-state index contributed by atoms with van der Waals surface area (Å²) in [5.41, 5.74) is 1.01. The molecule has 0 aliphatic rings. The maximum Gasteiger partial charge on any atom is 0.287 e. The smallest absolute Gasteiger partial charge is 0.287 e. The van der Waals surface area contributed by atoms with E-state index in [9.17, 15) is 9.59 Å². The number of carbonyl (C=O) groups is 2. The van der Waals surface area contributed by atoms with Crippen LogP contribution >= 0.6 is 0 Å². The van der Waals surface area contributed by atoms with Gasteiger partial charge in [0.25, 0.3) is 11.8 Å². The van der Waals surface area contributed by atoms with Crippen molar-refractivity contribution in [3.63, 3.8) is 0 Å². The first-order valence-corrected chi connectivity index (χ1v) is 8.22. The van der Waals surface area contributed by atoms with Crippen molar-refractivity contribution in [3.05, 3.63) is 47.8 Å². The summed E-state index contributed by atoms with van der Waals surface area (Å²) in [6, 6.07) is 5.49. The SMILES string of the molecule is CCCCCCNC(=O)c1ncc(C(=O)NCc2ccccn2)[nH]1. The molecule has 0 saturated heterocycles. The van der Waals surface area contributed by atoms with E-state index >= 15 is 0 Å². The van der Waals surface area contributed by atoms with E-state index in [1.807, 2.05) is 18.2 Å². The molecule has 128 valence electrons. The van der Waals surface area contributed by atoms with Crippen molar-refractivity contribution in [2.24, 2.45) is 0 Å². The summed E-state index contributed by atoms with van der Waals surface area (Å²) in [5, 5.41) is 5.52. The van der Waals surface area contributed by atoms with Crippen molar-refractivity contribution in [2.45, 2.75) is 39.2 Å². The first-order valence-electron chi connectivity index (χ1n) is 8.22. The van der Waals surface area contributed by atoms with Crippen LogP contribution in [0.4, 0.5) is 0 Å². The molecule has 24 heavy (non-hydrogen) atoms. The van der Waals surface area contributed by atoms with Crippen LogP contribution in [-0.4, -0.2) is 33.3 Å². The lowest BCUT2D eigenvalue weighted by Crippen LogP contribution is -2.26. The highest BCUT2D eigenvalue weighted by Crippen LogP contribution is 2.00. The molecule has 0 unspecified atom stereocenters. The molecule has 2 heterocycles. The monoisotopic (exact) mass is 329 g/mol. The second-order valence-electron chi connectivity index (χ2n) is 5.47. The highest BCUT2D eigenvalue weighted by atomic mass is 16.2. The minimum absolute atomic E-state index is 0.147. The molecular weight excluding hydrogens is 306 g/mol. The number of amides is 2. The van der Waals surface area contributed by atoms with Crippen LogP contribution in [0.15, 0.2) is 30.6 Å². The average Bonchev–Trinajstić information content (AvgIpc) is 3.10. The molecule has 3 N–H and O–H groups in total. The number of aromatic amines is 1. The third kappa shape index (κ3) is 5.49. The molecule has 0 atom stereocenters. The van der Waals surface area contributed by atoms with Gasteiger partial charge in [-0.15, -0.1) is 0 Å². The molecule has 0 aliphatic carbocycles. The number of aromatic nitrogens is 3. The average molecular weight is 329 g/mol. The molecule has 0 saturated carbocycles. The highest BCUT2D eigenvalue weighted by Gasteiger charge is 2.14. The lowest BCUT2D eigenvalue weighted by Gasteiger charge is -2.03. The molecule has 0 aromatic carbocycles. The molecule has 0 aliphatic heterocycles. The highest BCUT2D eigenvalue weighted by molar-refractivity contribution is 5.95. The van der Waals surface area contributed by atoms with Gasteiger partial charge in [0, 0.05) is 12.7 Å². The number of rotatable bonds is 9. The number of imidazole rings is 1. The van der Waals surface area contributed by atoms with Crippen LogP contribution in [0.3, 0.4) is 0 Å². The fourth-order valence-corrected chi connectivity index (χ4v) is 2.16. The third-order valence-corrected chi connectivity index (χ3v) is 3.51. The lowest BCUT2D eigenvalue weighted by atomic mass is 10.2. The van der Waals surface area contributed by atoms with Gasteiger partial charge in [0.2, 0.25) is 0 Å². The van der Waals surface area contributed by atoms with Crippen LogP contribution < -0.4 is 10.6 Å². The van der Waals surface area contributed by atoms with Gasteiger partial charge in [-0.05, 0) is 18.6 Å². The number of nitrogens with zero attached hydrogens (tertiary/aromatic N) is 2. The molecule has 2 aromatic heterocycles. The summed E-state index contributed by atoms with van der Waals surface area (Å²) in [6.45, 7) is 3.07. The maximum absolute atomic E-state index is 12.0. The van der Waals surface area contributed by atoms with Crippen LogP contribution in [0.2, 0.25) is 0 Å². The quantitative estimate of drug-likeness (QED) is 0.613. The van der Waals surface area contributed by atoms with Gasteiger partial charge in [0.1, 0.15) is 5.69 Å². The zero-order chi connectivity index (χ0) is 17.2. The van der Waals surface area contributed by atoms with E-state index < -0.39 is 0 Å². The summed E-state index contributed by atoms with van der Waals surface area (Å²) < 4.78 is 0. The van der Waals surface area contributed by atoms with E-state index in [2.05, 4.69) is 32.5 Å². The van der Waals surface area contributed by atoms with Crippen molar-refractivity contribution in [1.29, 1.82) is 0 Å². The van der Waals surface area contributed by atoms with Crippen molar-refractivity contribution in [3.8, 4) is 0 Å². The van der Waals surface area contributed by atoms with Crippen LogP contribution in [0.25, 0.3) is 0 Å². The molecule has 7 heteroatoms. The number of pyridine rings is 1. The van der Waals surface area contributed by atoms with Gasteiger partial charge in [-0.3, -0.25) is 14.6 Å². The maximum atomic E-state index is 12.0. The molecule has 7 nitrogen and oxygen atoms in total. The number of nitrogens with one attached hydrogen (secondary N) is 3. The fourth-order valence-electron chi connectivity index (χ4n) is 2.16. The summed E-state index contributed by atoms with van der Waals surface area (Å²) in [6.07, 6.45) is 7.38. The standard InChI is InChI=1S/C17H23N5O2/c1-2-3-4-6-10-19-17(24)15-20-12-14(22-15)16(23)21-11-13-8-5-7-9-18-13/h5,7-9,12H,2-4,6,10-11H2,1H3,(H,19,24)(H,20,22)(H,21,23). The predicted molar refractivity (Wildman–Crippen MR) is 90.5 cm³/mol. The lowest BCUT2D eigenvalue weighted by molar-refractivity contribution is 0.0943. The minimum atomic E-state index is -0.324. The van der Waals surface area contributed by atoms with Crippen molar-refractivity contribution < 1.29 is 9.59 Å². The van der Waals surface area contributed by atoms with Gasteiger partial charge in [0.05, 0.1) is 18.4 Å². The van der Waals surface area contributed by atoms with Gasteiger partial charge < -0.3 is 15.6 Å². The Morgan fingerprint density at radius 1 is 1.08 bits per heavy atom. The molecule has 2 aromatic rings. The molecule has 0 spiro atoms. The summed E-state index contributed by atoms with van der Waals surface area (Å²) in [5.74, 6) is -0.473. The molecular formula is C17H23N5O2. The molecule has 2 amide bonds. The van der Waals surface area contributed by atoms with Gasteiger partial charge in [-0.25, -0.2) is 4.98 Å². The molecule has 0 fully saturated rings.